The quantitative estimate of drug-likeness (QED) is 0.579. The molecule has 1 atom stereocenters. The van der Waals surface area contributed by atoms with Crippen molar-refractivity contribution in [2.75, 3.05) is 20.6 Å². The van der Waals surface area contributed by atoms with E-state index in [4.69, 9.17) is 4.74 Å². The summed E-state index contributed by atoms with van der Waals surface area (Å²) in [6.45, 7) is 2.64. The van der Waals surface area contributed by atoms with Gasteiger partial charge in [-0.05, 0) is 56.9 Å². The number of aromatic nitrogens is 2. The lowest BCUT2D eigenvalue weighted by Crippen LogP contribution is -2.26. The van der Waals surface area contributed by atoms with Gasteiger partial charge in [-0.25, -0.2) is 14.5 Å². The fourth-order valence-corrected chi connectivity index (χ4v) is 5.99. The monoisotopic (exact) mass is 415 g/mol. The number of aryl methyl sites for hydroxylation is 1. The van der Waals surface area contributed by atoms with Crippen LogP contribution in [0.5, 0.6) is 5.88 Å². The van der Waals surface area contributed by atoms with E-state index < -0.39 is 0 Å². The number of thiophene rings is 1. The highest BCUT2D eigenvalue weighted by atomic mass is 32.1. The van der Waals surface area contributed by atoms with Crippen molar-refractivity contribution in [3.8, 4) is 5.88 Å². The number of carbonyl (C=O) groups is 1. The van der Waals surface area contributed by atoms with Crippen LogP contribution in [0.1, 0.15) is 61.8 Å². The number of ether oxygens (including phenoxy) is 1. The number of hydrogen-bond donors (Lipinski definition) is 1. The summed E-state index contributed by atoms with van der Waals surface area (Å²) in [4.78, 5) is 23.6. The maximum absolute atomic E-state index is 12.2. The molecule has 1 N–H and O–H groups in total. The lowest BCUT2D eigenvalue weighted by molar-refractivity contribution is -0.462. The van der Waals surface area contributed by atoms with E-state index in [9.17, 15) is 4.79 Å². The van der Waals surface area contributed by atoms with E-state index in [-0.39, 0.29) is 17.9 Å². The van der Waals surface area contributed by atoms with E-state index in [0.29, 0.717) is 18.9 Å². The summed E-state index contributed by atoms with van der Waals surface area (Å²) in [5, 5.41) is 3.99. The molecule has 1 saturated carbocycles. The first-order valence-corrected chi connectivity index (χ1v) is 11.6. The van der Waals surface area contributed by atoms with Gasteiger partial charge in [0.15, 0.2) is 0 Å². The van der Waals surface area contributed by atoms with Crippen LogP contribution in [0, 0.1) is 5.92 Å². The fourth-order valence-electron chi connectivity index (χ4n) is 4.76. The lowest BCUT2D eigenvalue weighted by Gasteiger charge is -2.26. The molecule has 2 aromatic heterocycles. The van der Waals surface area contributed by atoms with E-state index in [1.165, 1.54) is 10.4 Å². The van der Waals surface area contributed by atoms with E-state index in [1.807, 2.05) is 6.92 Å². The third-order valence-electron chi connectivity index (χ3n) is 6.01. The topological polar surface area (TPSA) is 67.1 Å². The Kier molecular flexibility index (Phi) is 6.13. The second kappa shape index (κ2) is 8.78. The number of hydrogen-bond acceptors (Lipinski definition) is 5. The zero-order chi connectivity index (χ0) is 20.4. The van der Waals surface area contributed by atoms with E-state index in [2.05, 4.69) is 40.2 Å². The van der Waals surface area contributed by atoms with Gasteiger partial charge in [0.25, 0.3) is 0 Å². The van der Waals surface area contributed by atoms with Gasteiger partial charge in [-0.1, -0.05) is 0 Å². The normalized spacial score (nSPS) is 23.6. The molecule has 1 amide bonds. The van der Waals surface area contributed by atoms with Gasteiger partial charge in [-0.15, -0.1) is 11.3 Å². The number of fused-ring (bicyclic) bond motifs is 3. The van der Waals surface area contributed by atoms with Crippen molar-refractivity contribution in [1.29, 1.82) is 0 Å². The average molecular weight is 416 g/mol. The Bertz CT molecular complexity index is 911. The van der Waals surface area contributed by atoms with Gasteiger partial charge in [0.05, 0.1) is 5.39 Å². The predicted molar refractivity (Wildman–Crippen MR) is 116 cm³/mol. The summed E-state index contributed by atoms with van der Waals surface area (Å²) in [6, 6.07) is 0. The molecule has 1 unspecified atom stereocenters. The Labute approximate surface area is 176 Å². The zero-order valence-corrected chi connectivity index (χ0v) is 18.4. The Morgan fingerprint density at radius 2 is 2.07 bits per heavy atom. The van der Waals surface area contributed by atoms with Crippen LogP contribution in [0.25, 0.3) is 10.2 Å². The van der Waals surface area contributed by atoms with Crippen molar-refractivity contribution in [2.45, 2.75) is 63.9 Å². The Balaban J connectivity index is 1.54. The van der Waals surface area contributed by atoms with Crippen molar-refractivity contribution in [3.05, 3.63) is 16.8 Å². The number of amides is 1. The smallest absolute Gasteiger partial charge is 0.225 e. The third kappa shape index (κ3) is 4.44. The summed E-state index contributed by atoms with van der Waals surface area (Å²) in [5.74, 6) is 1.72. The van der Waals surface area contributed by atoms with Crippen LogP contribution < -0.4 is 10.1 Å². The van der Waals surface area contributed by atoms with E-state index in [1.54, 1.807) is 17.7 Å². The Morgan fingerprint density at radius 3 is 2.79 bits per heavy atom. The highest BCUT2D eigenvalue weighted by molar-refractivity contribution is 7.19. The summed E-state index contributed by atoms with van der Waals surface area (Å²) >= 11 is 1.74. The highest BCUT2D eigenvalue weighted by Crippen LogP contribution is 2.47. The van der Waals surface area contributed by atoms with Gasteiger partial charge >= 0.3 is 0 Å². The molecule has 0 spiro atoms. The predicted octanol–water partition coefficient (Wildman–Crippen LogP) is 3.53. The molecule has 6 nitrogen and oxygen atoms in total. The minimum Gasteiger partial charge on any atom is -0.474 e. The maximum Gasteiger partial charge on any atom is 0.225 e. The molecule has 0 bridgehead atoms. The molecular weight excluding hydrogens is 384 g/mol. The molecule has 0 aromatic carbocycles. The van der Waals surface area contributed by atoms with Gasteiger partial charge in [0, 0.05) is 23.8 Å². The van der Waals surface area contributed by atoms with E-state index in [0.717, 1.165) is 54.6 Å². The molecule has 4 rings (SSSR count). The SMILES string of the molecule is CCNC(=O)CC1CCc2sc3ncnc(OC4CCC(C=[N+](C)C)CC4)c3c21. The summed E-state index contributed by atoms with van der Waals surface area (Å²) < 4.78 is 8.59. The third-order valence-corrected chi connectivity index (χ3v) is 7.18. The summed E-state index contributed by atoms with van der Waals surface area (Å²) in [6.07, 6.45) is 11.1. The minimum atomic E-state index is 0.125. The van der Waals surface area contributed by atoms with Gasteiger partial charge in [-0.2, -0.15) is 0 Å². The van der Waals surface area contributed by atoms with Gasteiger partial charge in [0.1, 0.15) is 37.6 Å². The van der Waals surface area contributed by atoms with Crippen molar-refractivity contribution >= 4 is 33.7 Å². The maximum atomic E-state index is 12.2. The molecule has 7 heteroatoms. The van der Waals surface area contributed by atoms with Gasteiger partial charge in [-0.3, -0.25) is 4.79 Å². The molecule has 0 saturated heterocycles. The van der Waals surface area contributed by atoms with Crippen molar-refractivity contribution in [1.82, 2.24) is 15.3 Å². The van der Waals surface area contributed by atoms with Crippen LogP contribution in [0.15, 0.2) is 6.33 Å². The van der Waals surface area contributed by atoms with Gasteiger partial charge in [0.2, 0.25) is 11.8 Å². The number of nitrogens with zero attached hydrogens (tertiary/aromatic N) is 3. The molecule has 1 fully saturated rings. The first kappa shape index (κ1) is 20.3. The van der Waals surface area contributed by atoms with E-state index >= 15 is 0 Å². The molecule has 2 aromatic rings. The molecular formula is C22H31N4O2S+. The lowest BCUT2D eigenvalue weighted by atomic mass is 9.88. The number of nitrogens with one attached hydrogen (secondary N) is 1. The average Bonchev–Trinajstić information content (AvgIpc) is 3.23. The van der Waals surface area contributed by atoms with Crippen molar-refractivity contribution < 1.29 is 14.1 Å². The zero-order valence-electron chi connectivity index (χ0n) is 17.6. The molecule has 0 aliphatic heterocycles. The van der Waals surface area contributed by atoms with Crippen LogP contribution in [-0.2, 0) is 11.2 Å². The first-order chi connectivity index (χ1) is 14.0. The molecule has 156 valence electrons. The van der Waals surface area contributed by atoms with Crippen molar-refractivity contribution in [2.24, 2.45) is 5.92 Å². The van der Waals surface area contributed by atoms with Crippen LogP contribution >= 0.6 is 11.3 Å². The highest BCUT2D eigenvalue weighted by Gasteiger charge is 2.32. The van der Waals surface area contributed by atoms with Gasteiger partial charge < -0.3 is 10.1 Å². The minimum absolute atomic E-state index is 0.125. The molecule has 2 aliphatic carbocycles. The standard InChI is InChI=1S/C22H30N4O2S/c1-4-23-18(27)11-15-7-10-17-19(15)20-21(24-13-25-22(20)29-17)28-16-8-5-14(6-9-16)12-26(2)3/h12-16H,4-11H2,1-3H3/p+1. The van der Waals surface area contributed by atoms with Crippen LogP contribution in [0.2, 0.25) is 0 Å². The second-order valence-electron chi connectivity index (χ2n) is 8.46. The summed E-state index contributed by atoms with van der Waals surface area (Å²) in [7, 11) is 4.18. The molecule has 29 heavy (non-hydrogen) atoms. The number of rotatable bonds is 6. The Hall–Kier alpha value is -2.02. The van der Waals surface area contributed by atoms with Crippen LogP contribution in [-0.4, -0.2) is 53.4 Å². The van der Waals surface area contributed by atoms with Crippen LogP contribution in [0.3, 0.4) is 0 Å². The second-order valence-corrected chi connectivity index (χ2v) is 9.54. The fraction of sp³-hybridized carbons (Fsp3) is 0.636. The largest absolute Gasteiger partial charge is 0.474 e. The first-order valence-electron chi connectivity index (χ1n) is 10.8. The Morgan fingerprint density at radius 1 is 1.28 bits per heavy atom. The molecule has 2 heterocycles. The molecule has 2 aliphatic rings. The van der Waals surface area contributed by atoms with Crippen molar-refractivity contribution in [3.63, 3.8) is 0 Å². The number of carbonyl (C=O) groups excluding carboxylic acids is 1. The summed E-state index contributed by atoms with van der Waals surface area (Å²) in [5.41, 5.74) is 1.27. The molecule has 0 radical (unpaired) electrons. The van der Waals surface area contributed by atoms with Crippen LogP contribution in [0.4, 0.5) is 0 Å².